The highest BCUT2D eigenvalue weighted by molar-refractivity contribution is 5.86. The number of H-pyrrole nitrogens is 1. The fraction of sp³-hybridized carbons (Fsp3) is 0.450. The number of hydrogen-bond acceptors (Lipinski definition) is 2. The lowest BCUT2D eigenvalue weighted by Crippen LogP contribution is -2.38. The van der Waals surface area contributed by atoms with E-state index in [2.05, 4.69) is 58.0 Å². The van der Waals surface area contributed by atoms with E-state index in [9.17, 15) is 0 Å². The molecule has 1 aromatic carbocycles. The fourth-order valence-electron chi connectivity index (χ4n) is 3.24. The molecule has 0 saturated heterocycles. The maximum atomic E-state index is 5.34. The van der Waals surface area contributed by atoms with Crippen LogP contribution in [0.4, 0.5) is 0 Å². The molecule has 0 bridgehead atoms. The second kappa shape index (κ2) is 8.72. The van der Waals surface area contributed by atoms with Crippen LogP contribution in [0.1, 0.15) is 24.0 Å². The van der Waals surface area contributed by atoms with E-state index in [1.165, 1.54) is 27.6 Å². The van der Waals surface area contributed by atoms with E-state index >= 15 is 0 Å². The van der Waals surface area contributed by atoms with Crippen molar-refractivity contribution in [1.29, 1.82) is 0 Å². The van der Waals surface area contributed by atoms with Crippen LogP contribution in [-0.4, -0.2) is 44.3 Å². The molecule has 0 saturated carbocycles. The summed E-state index contributed by atoms with van der Waals surface area (Å²) in [5, 5.41) is 8.11. The first-order valence-electron chi connectivity index (χ1n) is 9.03. The van der Waals surface area contributed by atoms with Gasteiger partial charge in [-0.1, -0.05) is 29.8 Å². The Bertz CT molecular complexity index is 760. The van der Waals surface area contributed by atoms with Crippen LogP contribution in [0.15, 0.2) is 41.0 Å². The summed E-state index contributed by atoms with van der Waals surface area (Å²) in [5.41, 5.74) is 5.35. The average Bonchev–Trinajstić information content (AvgIpc) is 3.06. The van der Waals surface area contributed by atoms with E-state index in [1.54, 1.807) is 0 Å². The molecule has 0 unspecified atom stereocenters. The summed E-state index contributed by atoms with van der Waals surface area (Å²) in [5.74, 6) is 0.865. The predicted molar refractivity (Wildman–Crippen MR) is 104 cm³/mol. The Morgan fingerprint density at radius 2 is 2.08 bits per heavy atom. The zero-order valence-corrected chi connectivity index (χ0v) is 15.2. The van der Waals surface area contributed by atoms with E-state index in [-0.39, 0.29) is 0 Å². The zero-order valence-electron chi connectivity index (χ0n) is 15.2. The van der Waals surface area contributed by atoms with Crippen molar-refractivity contribution in [1.82, 2.24) is 15.6 Å². The van der Waals surface area contributed by atoms with Crippen molar-refractivity contribution in [2.45, 2.75) is 26.2 Å². The number of aliphatic imine (C=N–C) groups is 1. The maximum absolute atomic E-state index is 5.34. The molecule has 3 rings (SSSR count). The van der Waals surface area contributed by atoms with Gasteiger partial charge in [-0.3, -0.25) is 4.99 Å². The summed E-state index contributed by atoms with van der Waals surface area (Å²) in [7, 11) is 1.82. The number of para-hydroxylation sites is 1. The van der Waals surface area contributed by atoms with Gasteiger partial charge in [0.15, 0.2) is 5.96 Å². The third-order valence-corrected chi connectivity index (χ3v) is 4.72. The van der Waals surface area contributed by atoms with Gasteiger partial charge in [0.2, 0.25) is 0 Å². The van der Waals surface area contributed by atoms with Gasteiger partial charge in [0.1, 0.15) is 0 Å². The van der Waals surface area contributed by atoms with Gasteiger partial charge in [0.25, 0.3) is 0 Å². The molecule has 0 spiro atoms. The molecular weight excluding hydrogens is 312 g/mol. The van der Waals surface area contributed by atoms with Crippen LogP contribution in [0.3, 0.4) is 0 Å². The molecule has 5 nitrogen and oxygen atoms in total. The summed E-state index contributed by atoms with van der Waals surface area (Å²) in [6.07, 6.45) is 7.37. The van der Waals surface area contributed by atoms with Crippen molar-refractivity contribution in [3.05, 3.63) is 47.2 Å². The predicted octanol–water partition coefficient (Wildman–Crippen LogP) is 2.92. The highest BCUT2D eigenvalue weighted by Gasteiger charge is 2.06. The Kier molecular flexibility index (Phi) is 6.12. The number of aryl methyl sites for hydroxylation is 1. The van der Waals surface area contributed by atoms with Gasteiger partial charge in [0, 0.05) is 37.2 Å². The first kappa shape index (κ1) is 17.5. The maximum Gasteiger partial charge on any atom is 0.190 e. The van der Waals surface area contributed by atoms with Crippen LogP contribution in [0, 0.1) is 6.92 Å². The zero-order chi connectivity index (χ0) is 17.5. The van der Waals surface area contributed by atoms with Crippen molar-refractivity contribution in [2.75, 3.05) is 33.4 Å². The summed E-state index contributed by atoms with van der Waals surface area (Å²) in [4.78, 5) is 7.70. The summed E-state index contributed by atoms with van der Waals surface area (Å²) in [6, 6.07) is 6.44. The molecule has 0 atom stereocenters. The molecule has 1 aromatic heterocycles. The van der Waals surface area contributed by atoms with Gasteiger partial charge in [0.05, 0.1) is 13.2 Å². The number of aromatic amines is 1. The Hall–Kier alpha value is -2.27. The van der Waals surface area contributed by atoms with Crippen LogP contribution in [0.25, 0.3) is 10.9 Å². The van der Waals surface area contributed by atoms with Gasteiger partial charge < -0.3 is 20.4 Å². The molecule has 0 amide bonds. The molecule has 3 N–H and O–H groups in total. The molecule has 25 heavy (non-hydrogen) atoms. The van der Waals surface area contributed by atoms with Gasteiger partial charge in [-0.2, -0.15) is 0 Å². The third kappa shape index (κ3) is 4.63. The lowest BCUT2D eigenvalue weighted by molar-refractivity contribution is 0.153. The van der Waals surface area contributed by atoms with Gasteiger partial charge in [-0.05, 0) is 37.3 Å². The minimum Gasteiger partial charge on any atom is -0.377 e. The summed E-state index contributed by atoms with van der Waals surface area (Å²) < 4.78 is 5.34. The Labute approximate surface area is 149 Å². The van der Waals surface area contributed by atoms with Crippen LogP contribution >= 0.6 is 0 Å². The molecule has 0 fully saturated rings. The number of fused-ring (bicyclic) bond motifs is 1. The van der Waals surface area contributed by atoms with E-state index < -0.39 is 0 Å². The molecule has 2 heterocycles. The van der Waals surface area contributed by atoms with Crippen LogP contribution in [0.5, 0.6) is 0 Å². The molecule has 0 radical (unpaired) electrons. The molecule has 134 valence electrons. The molecule has 5 heteroatoms. The normalized spacial score (nSPS) is 15.3. The van der Waals surface area contributed by atoms with E-state index in [0.29, 0.717) is 0 Å². The highest BCUT2D eigenvalue weighted by Crippen LogP contribution is 2.21. The smallest absolute Gasteiger partial charge is 0.190 e. The van der Waals surface area contributed by atoms with E-state index in [4.69, 9.17) is 4.74 Å². The lowest BCUT2D eigenvalue weighted by atomic mass is 10.1. The fourth-order valence-corrected chi connectivity index (χ4v) is 3.24. The quantitative estimate of drug-likeness (QED) is 0.430. The number of nitrogens with one attached hydrogen (secondary N) is 3. The van der Waals surface area contributed by atoms with E-state index in [1.807, 2.05) is 7.05 Å². The SMILES string of the molecule is CN=C(NCCC1=CCOCC1)NCCc1c[nH]c2c(C)cccc12. The minimum absolute atomic E-state index is 0.756. The first-order valence-corrected chi connectivity index (χ1v) is 9.03. The standard InChI is InChI=1S/C20H28N4O/c1-15-4-3-5-18-17(14-24-19(15)18)7-11-23-20(21-2)22-10-6-16-8-12-25-13-9-16/h3-5,8,14,24H,6-7,9-13H2,1-2H3,(H2,21,22,23). The van der Waals surface area contributed by atoms with Crippen molar-refractivity contribution in [3.63, 3.8) is 0 Å². The first-order chi connectivity index (χ1) is 12.3. The number of benzene rings is 1. The van der Waals surface area contributed by atoms with Gasteiger partial charge in [-0.15, -0.1) is 0 Å². The number of rotatable bonds is 6. The third-order valence-electron chi connectivity index (χ3n) is 4.72. The number of nitrogens with zero attached hydrogens (tertiary/aromatic N) is 1. The number of hydrogen-bond donors (Lipinski definition) is 3. The number of aromatic nitrogens is 1. The molecule has 2 aromatic rings. The van der Waals surface area contributed by atoms with Crippen molar-refractivity contribution in [3.8, 4) is 0 Å². The molecule has 1 aliphatic rings. The molecule has 1 aliphatic heterocycles. The Balaban J connectivity index is 1.45. The molecular formula is C20H28N4O. The van der Waals surface area contributed by atoms with E-state index in [0.717, 1.165) is 51.5 Å². The van der Waals surface area contributed by atoms with Crippen molar-refractivity contribution < 1.29 is 4.74 Å². The van der Waals surface area contributed by atoms with Crippen LogP contribution in [0.2, 0.25) is 0 Å². The second-order valence-corrected chi connectivity index (χ2v) is 6.42. The van der Waals surface area contributed by atoms with Gasteiger partial charge in [-0.25, -0.2) is 0 Å². The van der Waals surface area contributed by atoms with Crippen molar-refractivity contribution in [2.24, 2.45) is 4.99 Å². The topological polar surface area (TPSA) is 61.4 Å². The van der Waals surface area contributed by atoms with Crippen LogP contribution in [-0.2, 0) is 11.2 Å². The Morgan fingerprint density at radius 3 is 2.84 bits per heavy atom. The summed E-state index contributed by atoms with van der Waals surface area (Å²) in [6.45, 7) is 5.50. The minimum atomic E-state index is 0.756. The second-order valence-electron chi connectivity index (χ2n) is 6.42. The van der Waals surface area contributed by atoms with Crippen LogP contribution < -0.4 is 10.6 Å². The highest BCUT2D eigenvalue weighted by atomic mass is 16.5. The largest absolute Gasteiger partial charge is 0.377 e. The van der Waals surface area contributed by atoms with Gasteiger partial charge >= 0.3 is 0 Å². The lowest BCUT2D eigenvalue weighted by Gasteiger charge is -2.15. The monoisotopic (exact) mass is 340 g/mol. The number of ether oxygens (including phenoxy) is 1. The molecule has 0 aliphatic carbocycles. The number of guanidine groups is 1. The van der Waals surface area contributed by atoms with Crippen molar-refractivity contribution >= 4 is 16.9 Å². The average molecular weight is 340 g/mol. The Morgan fingerprint density at radius 1 is 1.24 bits per heavy atom. The summed E-state index contributed by atoms with van der Waals surface area (Å²) >= 11 is 0.